The van der Waals surface area contributed by atoms with Gasteiger partial charge in [-0.05, 0) is 70.7 Å². The zero-order valence-corrected chi connectivity index (χ0v) is 21.3. The Kier molecular flexibility index (Phi) is 8.98. The van der Waals surface area contributed by atoms with Gasteiger partial charge in [0.1, 0.15) is 5.75 Å². The van der Waals surface area contributed by atoms with Crippen molar-refractivity contribution < 1.29 is 22.1 Å². The SMILES string of the molecule is CCO[Si](CCCc1ccc2c(c1)CO[Si](C)(C1CCCCC1)O2)(OCC)OCC. The van der Waals surface area contributed by atoms with E-state index in [1.165, 1.54) is 43.2 Å². The van der Waals surface area contributed by atoms with E-state index in [4.69, 9.17) is 22.1 Å². The maximum Gasteiger partial charge on any atom is 0.500 e. The van der Waals surface area contributed by atoms with Gasteiger partial charge in [0.2, 0.25) is 0 Å². The first-order valence-corrected chi connectivity index (χ1v) is 16.2. The maximum absolute atomic E-state index is 6.53. The number of fused-ring (bicyclic) bond motifs is 1. The quantitative estimate of drug-likeness (QED) is 0.386. The number of rotatable bonds is 11. The highest BCUT2D eigenvalue weighted by atomic mass is 28.4. The molecule has 2 aliphatic rings. The summed E-state index contributed by atoms with van der Waals surface area (Å²) in [6.45, 7) is 10.9. The Balaban J connectivity index is 1.59. The van der Waals surface area contributed by atoms with Gasteiger partial charge in [-0.2, -0.15) is 0 Å². The molecule has 0 spiro atoms. The van der Waals surface area contributed by atoms with Crippen LogP contribution in [0.15, 0.2) is 18.2 Å². The molecule has 1 atom stereocenters. The number of benzene rings is 1. The monoisotopic (exact) mass is 452 g/mol. The van der Waals surface area contributed by atoms with Crippen LogP contribution < -0.4 is 4.43 Å². The molecule has 7 heteroatoms. The van der Waals surface area contributed by atoms with Gasteiger partial charge >= 0.3 is 17.4 Å². The van der Waals surface area contributed by atoms with E-state index in [2.05, 4.69) is 24.7 Å². The molecule has 0 amide bonds. The molecule has 1 heterocycles. The van der Waals surface area contributed by atoms with E-state index in [9.17, 15) is 0 Å². The first-order chi connectivity index (χ1) is 14.5. The van der Waals surface area contributed by atoms with Crippen molar-refractivity contribution in [3.05, 3.63) is 29.3 Å². The van der Waals surface area contributed by atoms with Crippen LogP contribution in [0.4, 0.5) is 0 Å². The molecule has 1 fully saturated rings. The van der Waals surface area contributed by atoms with Gasteiger partial charge in [0.15, 0.2) is 0 Å². The van der Waals surface area contributed by atoms with Crippen LogP contribution in [-0.4, -0.2) is 37.2 Å². The first-order valence-electron chi connectivity index (χ1n) is 11.9. The minimum atomic E-state index is -2.56. The topological polar surface area (TPSA) is 46.2 Å². The minimum absolute atomic E-state index is 0.628. The highest BCUT2D eigenvalue weighted by molar-refractivity contribution is 6.68. The Hall–Kier alpha value is -0.706. The van der Waals surface area contributed by atoms with E-state index >= 15 is 0 Å². The van der Waals surface area contributed by atoms with Gasteiger partial charge in [0.05, 0.1) is 6.61 Å². The fraction of sp³-hybridized carbons (Fsp3) is 0.739. The third kappa shape index (κ3) is 5.95. The summed E-state index contributed by atoms with van der Waals surface area (Å²) in [5.74, 6) is 1.05. The van der Waals surface area contributed by atoms with Gasteiger partial charge in [-0.15, -0.1) is 0 Å². The summed E-state index contributed by atoms with van der Waals surface area (Å²) in [4.78, 5) is 0. The second-order valence-electron chi connectivity index (χ2n) is 8.52. The van der Waals surface area contributed by atoms with E-state index in [0.29, 0.717) is 32.0 Å². The van der Waals surface area contributed by atoms with Gasteiger partial charge in [0, 0.05) is 37.0 Å². The molecule has 30 heavy (non-hydrogen) atoms. The van der Waals surface area contributed by atoms with Crippen molar-refractivity contribution in [2.24, 2.45) is 0 Å². The summed E-state index contributed by atoms with van der Waals surface area (Å²) in [6, 6.07) is 7.49. The lowest BCUT2D eigenvalue weighted by atomic mass is 10.0. The summed E-state index contributed by atoms with van der Waals surface area (Å²) in [6.07, 6.45) is 8.50. The van der Waals surface area contributed by atoms with Crippen molar-refractivity contribution in [3.8, 4) is 5.75 Å². The van der Waals surface area contributed by atoms with Crippen molar-refractivity contribution in [1.29, 1.82) is 0 Å². The van der Waals surface area contributed by atoms with Crippen molar-refractivity contribution in [1.82, 2.24) is 0 Å². The van der Waals surface area contributed by atoms with Crippen molar-refractivity contribution >= 4 is 17.4 Å². The van der Waals surface area contributed by atoms with Crippen LogP contribution >= 0.6 is 0 Å². The summed E-state index contributed by atoms with van der Waals surface area (Å²) < 4.78 is 30.9. The van der Waals surface area contributed by atoms with E-state index in [1.54, 1.807) is 0 Å². The molecule has 0 radical (unpaired) electrons. The molecule has 1 aliphatic carbocycles. The summed E-state index contributed by atoms with van der Waals surface area (Å²) in [5, 5.41) is 0. The Morgan fingerprint density at radius 1 is 1.00 bits per heavy atom. The lowest BCUT2D eigenvalue weighted by Gasteiger charge is -2.40. The first kappa shape index (κ1) is 23.9. The zero-order chi connectivity index (χ0) is 21.5. The molecule has 1 saturated carbocycles. The maximum atomic E-state index is 6.53. The zero-order valence-electron chi connectivity index (χ0n) is 19.3. The molecule has 1 aliphatic heterocycles. The van der Waals surface area contributed by atoms with E-state index in [-0.39, 0.29) is 0 Å². The molecule has 0 aromatic heterocycles. The molecule has 1 unspecified atom stereocenters. The molecule has 1 aromatic rings. The summed E-state index contributed by atoms with van der Waals surface area (Å²) in [5.41, 5.74) is 3.14. The minimum Gasteiger partial charge on any atom is -0.520 e. The van der Waals surface area contributed by atoms with E-state index < -0.39 is 17.4 Å². The third-order valence-electron chi connectivity index (χ3n) is 6.34. The van der Waals surface area contributed by atoms with Crippen LogP contribution in [0.3, 0.4) is 0 Å². The highest BCUT2D eigenvalue weighted by Gasteiger charge is 2.46. The normalized spacial score (nSPS) is 22.5. The molecule has 5 nitrogen and oxygen atoms in total. The second-order valence-corrected chi connectivity index (χ2v) is 14.6. The van der Waals surface area contributed by atoms with Gasteiger partial charge in [-0.25, -0.2) is 0 Å². The lowest BCUT2D eigenvalue weighted by molar-refractivity contribution is 0.0708. The average molecular weight is 453 g/mol. The smallest absolute Gasteiger partial charge is 0.500 e. The molecule has 0 N–H and O–H groups in total. The van der Waals surface area contributed by atoms with Crippen molar-refractivity contribution in [3.63, 3.8) is 0 Å². The highest BCUT2D eigenvalue weighted by Crippen LogP contribution is 2.42. The predicted molar refractivity (Wildman–Crippen MR) is 124 cm³/mol. The van der Waals surface area contributed by atoms with E-state index in [1.807, 2.05) is 20.8 Å². The summed E-state index contributed by atoms with van der Waals surface area (Å²) in [7, 11) is -4.69. The fourth-order valence-electron chi connectivity index (χ4n) is 4.81. The predicted octanol–water partition coefficient (Wildman–Crippen LogP) is 5.98. The van der Waals surface area contributed by atoms with Crippen LogP contribution in [0.1, 0.15) is 70.4 Å². The van der Waals surface area contributed by atoms with Gasteiger partial charge < -0.3 is 22.1 Å². The largest absolute Gasteiger partial charge is 0.520 e. The molecular weight excluding hydrogens is 412 g/mol. The van der Waals surface area contributed by atoms with Gasteiger partial charge in [-0.3, -0.25) is 0 Å². The van der Waals surface area contributed by atoms with Gasteiger partial charge in [0.25, 0.3) is 0 Å². The second kappa shape index (κ2) is 11.2. The van der Waals surface area contributed by atoms with Crippen molar-refractivity contribution in [2.45, 2.75) is 90.5 Å². The van der Waals surface area contributed by atoms with E-state index in [0.717, 1.165) is 24.6 Å². The molecule has 3 rings (SSSR count). The molecule has 1 aromatic carbocycles. The van der Waals surface area contributed by atoms with Crippen LogP contribution in [0.5, 0.6) is 5.75 Å². The molecule has 0 saturated heterocycles. The standard InChI is InChI=1S/C23H40O5Si2/c1-5-24-30(25-6-2,26-7-3)17-11-12-20-15-16-23-21(18-20)19-27-29(4,28-23)22-13-9-8-10-14-22/h15-16,18,22H,5-14,17,19H2,1-4H3. The van der Waals surface area contributed by atoms with Crippen LogP contribution in [0.25, 0.3) is 0 Å². The Morgan fingerprint density at radius 3 is 2.30 bits per heavy atom. The average Bonchev–Trinajstić information content (AvgIpc) is 2.75. The van der Waals surface area contributed by atoms with Crippen LogP contribution in [0.2, 0.25) is 18.1 Å². The lowest BCUT2D eigenvalue weighted by Crippen LogP contribution is -2.49. The Labute approximate surface area is 185 Å². The Bertz CT molecular complexity index is 648. The molecule has 170 valence electrons. The number of hydrogen-bond donors (Lipinski definition) is 0. The van der Waals surface area contributed by atoms with Crippen LogP contribution in [-0.2, 0) is 30.7 Å². The summed E-state index contributed by atoms with van der Waals surface area (Å²) >= 11 is 0. The van der Waals surface area contributed by atoms with Crippen LogP contribution in [0, 0.1) is 0 Å². The molecule has 0 bridgehead atoms. The third-order valence-corrected chi connectivity index (χ3v) is 12.9. The Morgan fingerprint density at radius 2 is 1.67 bits per heavy atom. The fourth-order valence-corrected chi connectivity index (χ4v) is 10.4. The number of aryl methyl sites for hydroxylation is 1. The number of hydrogen-bond acceptors (Lipinski definition) is 5. The molecular formula is C23H40O5Si2. The van der Waals surface area contributed by atoms with Gasteiger partial charge in [-0.1, -0.05) is 25.3 Å². The van der Waals surface area contributed by atoms with Crippen molar-refractivity contribution in [2.75, 3.05) is 19.8 Å².